The normalized spacial score (nSPS) is 29.1. The molecule has 2 aliphatic rings. The maximum atomic E-state index is 6.38. The van der Waals surface area contributed by atoms with Gasteiger partial charge in [0.25, 0.3) is 0 Å². The second kappa shape index (κ2) is 4.59. The van der Waals surface area contributed by atoms with E-state index in [4.69, 9.17) is 11.6 Å². The maximum absolute atomic E-state index is 6.38. The molecule has 1 aromatic heterocycles. The van der Waals surface area contributed by atoms with Gasteiger partial charge in [-0.1, -0.05) is 24.3 Å². The van der Waals surface area contributed by atoms with Crippen molar-refractivity contribution in [3.8, 4) is 0 Å². The molecule has 2 fully saturated rings. The van der Waals surface area contributed by atoms with E-state index in [2.05, 4.69) is 39.4 Å². The molecule has 3 heterocycles. The number of aromatic nitrogens is 2. The van der Waals surface area contributed by atoms with E-state index in [9.17, 15) is 0 Å². The largest absolute Gasteiger partial charge is 0.349 e. The van der Waals surface area contributed by atoms with Gasteiger partial charge in [0.2, 0.25) is 0 Å². The topological polar surface area (TPSA) is 29.0 Å². The maximum Gasteiger partial charge on any atom is 0.159 e. The second-order valence-electron chi connectivity index (χ2n) is 6.02. The smallest absolute Gasteiger partial charge is 0.159 e. The van der Waals surface area contributed by atoms with Gasteiger partial charge in [0.15, 0.2) is 5.82 Å². The summed E-state index contributed by atoms with van der Waals surface area (Å²) >= 11 is 6.38. The zero-order chi connectivity index (χ0) is 13.7. The average molecular weight is 288 g/mol. The summed E-state index contributed by atoms with van der Waals surface area (Å²) in [6.45, 7) is 2.03. The standard InChI is InChI=1S/C16H18ClN3/c1-10-14-4-2-3-5-15(14)16(19-18-10)20-12-6-7-13(20)9-11(17)8-12/h2-5,11-13H,6-9H2,1H3. The van der Waals surface area contributed by atoms with Crippen LogP contribution in [-0.2, 0) is 0 Å². The van der Waals surface area contributed by atoms with Crippen molar-refractivity contribution in [3.63, 3.8) is 0 Å². The first-order valence-electron chi connectivity index (χ1n) is 7.38. The number of piperidine rings is 1. The van der Waals surface area contributed by atoms with Crippen LogP contribution in [0.5, 0.6) is 0 Å². The summed E-state index contributed by atoms with van der Waals surface area (Å²) in [5.74, 6) is 1.06. The van der Waals surface area contributed by atoms with Crippen molar-refractivity contribution in [2.24, 2.45) is 0 Å². The monoisotopic (exact) mass is 287 g/mol. The lowest BCUT2D eigenvalue weighted by atomic mass is 10.0. The number of hydrogen-bond donors (Lipinski definition) is 0. The molecular formula is C16H18ClN3. The molecule has 104 valence electrons. The molecule has 2 aromatic rings. The minimum atomic E-state index is 0.327. The SMILES string of the molecule is Cc1nnc(N2C3CCC2CC(Cl)C3)c2ccccc12. The van der Waals surface area contributed by atoms with Crippen LogP contribution in [0.2, 0.25) is 0 Å². The first-order valence-corrected chi connectivity index (χ1v) is 7.82. The Labute approximate surface area is 123 Å². The molecule has 2 aliphatic heterocycles. The highest BCUT2D eigenvalue weighted by Gasteiger charge is 2.41. The average Bonchev–Trinajstić information content (AvgIpc) is 2.72. The minimum absolute atomic E-state index is 0.327. The molecule has 0 radical (unpaired) electrons. The molecule has 0 amide bonds. The molecule has 1 aromatic carbocycles. The Kier molecular flexibility index (Phi) is 2.84. The molecular weight excluding hydrogens is 270 g/mol. The molecule has 0 N–H and O–H groups in total. The van der Waals surface area contributed by atoms with E-state index < -0.39 is 0 Å². The Balaban J connectivity index is 1.85. The molecule has 4 rings (SSSR count). The number of fused-ring (bicyclic) bond motifs is 3. The molecule has 0 saturated carbocycles. The summed E-state index contributed by atoms with van der Waals surface area (Å²) in [6, 6.07) is 9.54. The second-order valence-corrected chi connectivity index (χ2v) is 6.63. The lowest BCUT2D eigenvalue weighted by molar-refractivity contribution is 0.470. The van der Waals surface area contributed by atoms with Crippen LogP contribution in [0.3, 0.4) is 0 Å². The number of halogens is 1. The van der Waals surface area contributed by atoms with Gasteiger partial charge in [-0.25, -0.2) is 0 Å². The highest BCUT2D eigenvalue weighted by molar-refractivity contribution is 6.20. The van der Waals surface area contributed by atoms with Gasteiger partial charge >= 0.3 is 0 Å². The van der Waals surface area contributed by atoms with Crippen molar-refractivity contribution in [2.75, 3.05) is 4.90 Å². The lowest BCUT2D eigenvalue weighted by Crippen LogP contribution is -2.44. The van der Waals surface area contributed by atoms with E-state index >= 15 is 0 Å². The van der Waals surface area contributed by atoms with Crippen LogP contribution in [-0.4, -0.2) is 27.7 Å². The van der Waals surface area contributed by atoms with Gasteiger partial charge in [0.05, 0.1) is 5.69 Å². The van der Waals surface area contributed by atoms with Gasteiger partial charge in [0, 0.05) is 28.2 Å². The van der Waals surface area contributed by atoms with Crippen molar-refractivity contribution < 1.29 is 0 Å². The number of hydrogen-bond acceptors (Lipinski definition) is 3. The van der Waals surface area contributed by atoms with Crippen molar-refractivity contribution >= 4 is 28.2 Å². The zero-order valence-electron chi connectivity index (χ0n) is 11.6. The Morgan fingerprint density at radius 2 is 1.70 bits per heavy atom. The third-order valence-electron chi connectivity index (χ3n) is 4.77. The first kappa shape index (κ1) is 12.4. The fourth-order valence-corrected chi connectivity index (χ4v) is 4.28. The predicted octanol–water partition coefficient (Wildman–Crippen LogP) is 3.68. The van der Waals surface area contributed by atoms with Gasteiger partial charge in [0.1, 0.15) is 0 Å². The zero-order valence-corrected chi connectivity index (χ0v) is 12.3. The molecule has 4 heteroatoms. The molecule has 20 heavy (non-hydrogen) atoms. The Morgan fingerprint density at radius 3 is 2.40 bits per heavy atom. The number of aryl methyl sites for hydroxylation is 1. The number of rotatable bonds is 1. The van der Waals surface area contributed by atoms with Crippen molar-refractivity contribution in [3.05, 3.63) is 30.0 Å². The van der Waals surface area contributed by atoms with E-state index in [0.717, 1.165) is 24.4 Å². The Bertz CT molecular complexity index is 643. The quantitative estimate of drug-likeness (QED) is 0.749. The molecule has 0 aliphatic carbocycles. The van der Waals surface area contributed by atoms with Crippen LogP contribution in [0.15, 0.2) is 24.3 Å². The summed E-state index contributed by atoms with van der Waals surface area (Å²) in [6.07, 6.45) is 4.61. The van der Waals surface area contributed by atoms with Crippen molar-refractivity contribution in [2.45, 2.75) is 50.1 Å². The molecule has 2 unspecified atom stereocenters. The summed E-state index contributed by atoms with van der Waals surface area (Å²) < 4.78 is 0. The van der Waals surface area contributed by atoms with E-state index in [1.54, 1.807) is 0 Å². The van der Waals surface area contributed by atoms with E-state index in [-0.39, 0.29) is 0 Å². The van der Waals surface area contributed by atoms with Crippen LogP contribution in [0.1, 0.15) is 31.4 Å². The van der Waals surface area contributed by atoms with Crippen LogP contribution in [0.25, 0.3) is 10.8 Å². The van der Waals surface area contributed by atoms with Crippen LogP contribution >= 0.6 is 11.6 Å². The fraction of sp³-hybridized carbons (Fsp3) is 0.500. The number of nitrogens with zero attached hydrogens (tertiary/aromatic N) is 3. The molecule has 2 bridgehead atoms. The number of anilines is 1. The highest BCUT2D eigenvalue weighted by Crippen LogP contribution is 2.42. The first-order chi connectivity index (χ1) is 9.74. The molecule has 2 saturated heterocycles. The van der Waals surface area contributed by atoms with Gasteiger partial charge in [-0.2, -0.15) is 5.10 Å². The van der Waals surface area contributed by atoms with Gasteiger partial charge in [-0.15, -0.1) is 16.7 Å². The molecule has 0 spiro atoms. The third kappa shape index (κ3) is 1.80. The third-order valence-corrected chi connectivity index (χ3v) is 5.13. The highest BCUT2D eigenvalue weighted by atomic mass is 35.5. The van der Waals surface area contributed by atoms with Crippen LogP contribution in [0.4, 0.5) is 5.82 Å². The van der Waals surface area contributed by atoms with Crippen molar-refractivity contribution in [1.29, 1.82) is 0 Å². The minimum Gasteiger partial charge on any atom is -0.349 e. The van der Waals surface area contributed by atoms with Crippen molar-refractivity contribution in [1.82, 2.24) is 10.2 Å². The fourth-order valence-electron chi connectivity index (χ4n) is 3.87. The summed E-state index contributed by atoms with van der Waals surface area (Å²) in [4.78, 5) is 2.49. The van der Waals surface area contributed by atoms with Gasteiger partial charge in [-0.05, 0) is 32.6 Å². The summed E-state index contributed by atoms with van der Waals surface area (Å²) in [7, 11) is 0. The predicted molar refractivity (Wildman–Crippen MR) is 82.4 cm³/mol. The molecule has 3 nitrogen and oxygen atoms in total. The van der Waals surface area contributed by atoms with E-state index in [1.165, 1.54) is 23.6 Å². The number of alkyl halides is 1. The summed E-state index contributed by atoms with van der Waals surface area (Å²) in [5, 5.41) is 11.7. The molecule has 2 atom stereocenters. The Hall–Kier alpha value is -1.35. The van der Waals surface area contributed by atoms with Crippen LogP contribution in [0, 0.1) is 6.92 Å². The Morgan fingerprint density at radius 1 is 1.05 bits per heavy atom. The van der Waals surface area contributed by atoms with E-state index in [0.29, 0.717) is 17.5 Å². The van der Waals surface area contributed by atoms with E-state index in [1.807, 2.05) is 6.92 Å². The summed E-state index contributed by atoms with van der Waals surface area (Å²) in [5.41, 5.74) is 1.00. The van der Waals surface area contributed by atoms with Crippen LogP contribution < -0.4 is 4.90 Å². The van der Waals surface area contributed by atoms with Gasteiger partial charge < -0.3 is 4.90 Å². The van der Waals surface area contributed by atoms with Gasteiger partial charge in [-0.3, -0.25) is 0 Å². The lowest BCUT2D eigenvalue weighted by Gasteiger charge is -2.38. The number of benzene rings is 1.